The topological polar surface area (TPSA) is 96.5 Å². The van der Waals surface area contributed by atoms with E-state index in [-0.39, 0.29) is 24.2 Å². The van der Waals surface area contributed by atoms with Gasteiger partial charge in [0.05, 0.1) is 5.92 Å². The van der Waals surface area contributed by atoms with Gasteiger partial charge in [-0.1, -0.05) is 5.16 Å². The number of carbonyl (C=O) groups is 2. The molecule has 0 spiro atoms. The van der Waals surface area contributed by atoms with Crippen LogP contribution in [0.2, 0.25) is 0 Å². The van der Waals surface area contributed by atoms with E-state index in [0.717, 1.165) is 5.56 Å². The van der Waals surface area contributed by atoms with E-state index in [0.29, 0.717) is 18.6 Å². The average molecular weight is 315 g/mol. The first-order valence-corrected chi connectivity index (χ1v) is 7.47. The fourth-order valence-electron chi connectivity index (χ4n) is 2.76. The Morgan fingerprint density at radius 3 is 2.91 bits per heavy atom. The first kappa shape index (κ1) is 15.2. The molecule has 1 aliphatic heterocycles. The Kier molecular flexibility index (Phi) is 4.10. The van der Waals surface area contributed by atoms with Crippen LogP contribution in [0.25, 0.3) is 11.3 Å². The number of nitrogens with zero attached hydrogens (tertiary/aromatic N) is 3. The molecule has 7 nitrogen and oxygen atoms in total. The first-order chi connectivity index (χ1) is 11.1. The lowest BCUT2D eigenvalue weighted by Gasteiger charge is -2.35. The van der Waals surface area contributed by atoms with E-state index in [1.54, 1.807) is 29.4 Å². The zero-order valence-corrected chi connectivity index (χ0v) is 12.7. The van der Waals surface area contributed by atoms with Crippen LogP contribution in [0.3, 0.4) is 0 Å². The van der Waals surface area contributed by atoms with Gasteiger partial charge >= 0.3 is 5.97 Å². The van der Waals surface area contributed by atoms with Gasteiger partial charge in [0, 0.05) is 36.6 Å². The summed E-state index contributed by atoms with van der Waals surface area (Å²) in [4.78, 5) is 29.4. The maximum Gasteiger partial charge on any atom is 0.308 e. The van der Waals surface area contributed by atoms with E-state index in [1.807, 2.05) is 13.0 Å². The number of rotatable bonds is 3. The van der Waals surface area contributed by atoms with Gasteiger partial charge in [0.1, 0.15) is 0 Å². The van der Waals surface area contributed by atoms with Crippen molar-refractivity contribution in [3.05, 3.63) is 36.3 Å². The van der Waals surface area contributed by atoms with Crippen LogP contribution in [0.1, 0.15) is 30.3 Å². The van der Waals surface area contributed by atoms with E-state index in [1.165, 1.54) is 0 Å². The number of carboxylic acids is 1. The lowest BCUT2D eigenvalue weighted by atomic mass is 9.93. The summed E-state index contributed by atoms with van der Waals surface area (Å²) in [5.74, 6) is -1.24. The monoisotopic (exact) mass is 315 g/mol. The molecule has 2 atom stereocenters. The van der Waals surface area contributed by atoms with Crippen LogP contribution >= 0.6 is 0 Å². The highest BCUT2D eigenvalue weighted by atomic mass is 16.5. The van der Waals surface area contributed by atoms with E-state index in [2.05, 4.69) is 10.1 Å². The highest BCUT2D eigenvalue weighted by Crippen LogP contribution is 2.25. The summed E-state index contributed by atoms with van der Waals surface area (Å²) < 4.78 is 5.22. The molecule has 0 aliphatic carbocycles. The maximum absolute atomic E-state index is 12.6. The van der Waals surface area contributed by atoms with Crippen LogP contribution in [-0.2, 0) is 4.79 Å². The minimum atomic E-state index is -0.870. The molecule has 120 valence electrons. The molecule has 2 aromatic heterocycles. The smallest absolute Gasteiger partial charge is 0.308 e. The molecule has 1 amide bonds. The number of amides is 1. The number of hydrogen-bond donors (Lipinski definition) is 1. The number of aromatic nitrogens is 2. The lowest BCUT2D eigenvalue weighted by molar-refractivity contribution is -0.143. The van der Waals surface area contributed by atoms with Crippen molar-refractivity contribution in [3.63, 3.8) is 0 Å². The molecule has 3 rings (SSSR count). The number of aliphatic carboxylic acids is 1. The number of carbonyl (C=O) groups excluding carboxylic acids is 1. The Hall–Kier alpha value is -2.70. The van der Waals surface area contributed by atoms with Crippen molar-refractivity contribution in [2.24, 2.45) is 5.92 Å². The lowest BCUT2D eigenvalue weighted by Crippen LogP contribution is -2.47. The maximum atomic E-state index is 12.6. The minimum absolute atomic E-state index is 0.0170. The van der Waals surface area contributed by atoms with Gasteiger partial charge in [0.25, 0.3) is 5.91 Å². The van der Waals surface area contributed by atoms with Gasteiger partial charge < -0.3 is 14.5 Å². The van der Waals surface area contributed by atoms with Crippen LogP contribution in [0.5, 0.6) is 0 Å². The summed E-state index contributed by atoms with van der Waals surface area (Å²) in [5, 5.41) is 13.0. The van der Waals surface area contributed by atoms with Gasteiger partial charge in [-0.05, 0) is 31.9 Å². The molecule has 0 saturated carbocycles. The molecule has 3 heterocycles. The average Bonchev–Trinajstić information content (AvgIpc) is 3.05. The van der Waals surface area contributed by atoms with Crippen molar-refractivity contribution in [2.75, 3.05) is 6.54 Å². The second kappa shape index (κ2) is 6.20. The van der Waals surface area contributed by atoms with E-state index in [9.17, 15) is 9.59 Å². The molecule has 7 heteroatoms. The van der Waals surface area contributed by atoms with E-state index in [4.69, 9.17) is 9.63 Å². The van der Waals surface area contributed by atoms with Crippen LogP contribution in [0, 0.1) is 5.92 Å². The number of piperidine rings is 1. The SMILES string of the molecule is CC1CCC(C(=O)O)CN1C(=O)c1cc(-c2cccnc2)on1. The summed E-state index contributed by atoms with van der Waals surface area (Å²) in [6.07, 6.45) is 4.52. The van der Waals surface area contributed by atoms with Crippen molar-refractivity contribution >= 4 is 11.9 Å². The fraction of sp³-hybridized carbons (Fsp3) is 0.375. The summed E-state index contributed by atoms with van der Waals surface area (Å²) >= 11 is 0. The van der Waals surface area contributed by atoms with Gasteiger partial charge in [0.15, 0.2) is 11.5 Å². The quantitative estimate of drug-likeness (QED) is 0.931. The molecule has 1 N–H and O–H groups in total. The molecule has 1 aliphatic rings. The third-order valence-electron chi connectivity index (χ3n) is 4.17. The number of carboxylic acid groups (broad SMARTS) is 1. The third kappa shape index (κ3) is 3.08. The Morgan fingerprint density at radius 1 is 1.39 bits per heavy atom. The van der Waals surface area contributed by atoms with E-state index >= 15 is 0 Å². The van der Waals surface area contributed by atoms with Crippen LogP contribution < -0.4 is 0 Å². The molecule has 2 aromatic rings. The van der Waals surface area contributed by atoms with Crippen molar-refractivity contribution < 1.29 is 19.2 Å². The normalized spacial score (nSPS) is 21.2. The van der Waals surface area contributed by atoms with Crippen molar-refractivity contribution in [1.29, 1.82) is 0 Å². The van der Waals surface area contributed by atoms with Gasteiger partial charge in [-0.15, -0.1) is 0 Å². The summed E-state index contributed by atoms with van der Waals surface area (Å²) in [6.45, 7) is 2.11. The summed E-state index contributed by atoms with van der Waals surface area (Å²) in [5.41, 5.74) is 0.913. The predicted molar refractivity (Wildman–Crippen MR) is 80.6 cm³/mol. The zero-order valence-electron chi connectivity index (χ0n) is 12.7. The molecule has 1 fully saturated rings. The summed E-state index contributed by atoms with van der Waals surface area (Å²) in [7, 11) is 0. The van der Waals surface area contributed by atoms with Gasteiger partial charge in [0.2, 0.25) is 0 Å². The number of hydrogen-bond acceptors (Lipinski definition) is 5. The molecule has 0 radical (unpaired) electrons. The second-order valence-corrected chi connectivity index (χ2v) is 5.74. The van der Waals surface area contributed by atoms with Crippen LogP contribution in [0.15, 0.2) is 35.1 Å². The third-order valence-corrected chi connectivity index (χ3v) is 4.17. The van der Waals surface area contributed by atoms with Crippen molar-refractivity contribution in [2.45, 2.75) is 25.8 Å². The minimum Gasteiger partial charge on any atom is -0.481 e. The Bertz CT molecular complexity index is 713. The highest BCUT2D eigenvalue weighted by Gasteiger charge is 2.34. The van der Waals surface area contributed by atoms with Gasteiger partial charge in [-0.25, -0.2) is 0 Å². The predicted octanol–water partition coefficient (Wildman–Crippen LogP) is 2.06. The molecule has 0 bridgehead atoms. The summed E-state index contributed by atoms with van der Waals surface area (Å²) in [6, 6.07) is 5.13. The zero-order chi connectivity index (χ0) is 16.4. The molecule has 23 heavy (non-hydrogen) atoms. The van der Waals surface area contributed by atoms with E-state index < -0.39 is 11.9 Å². The second-order valence-electron chi connectivity index (χ2n) is 5.74. The van der Waals surface area contributed by atoms with Crippen molar-refractivity contribution in [1.82, 2.24) is 15.0 Å². The fourth-order valence-corrected chi connectivity index (χ4v) is 2.76. The molecular formula is C16H17N3O4. The number of pyridine rings is 1. The number of likely N-dealkylation sites (tertiary alicyclic amines) is 1. The van der Waals surface area contributed by atoms with Gasteiger partial charge in [-0.2, -0.15) is 0 Å². The molecule has 0 aromatic carbocycles. The Labute approximate surface area is 132 Å². The van der Waals surface area contributed by atoms with Crippen molar-refractivity contribution in [3.8, 4) is 11.3 Å². The Balaban J connectivity index is 1.80. The standard InChI is InChI=1S/C16H17N3O4/c1-10-4-5-12(16(21)22)9-19(10)15(20)13-7-14(23-18-13)11-3-2-6-17-8-11/h2-3,6-8,10,12H,4-5,9H2,1H3,(H,21,22). The highest BCUT2D eigenvalue weighted by molar-refractivity contribution is 5.93. The molecule has 1 saturated heterocycles. The van der Waals surface area contributed by atoms with Gasteiger partial charge in [-0.3, -0.25) is 14.6 Å². The molecule has 2 unspecified atom stereocenters. The first-order valence-electron chi connectivity index (χ1n) is 7.47. The van der Waals surface area contributed by atoms with Crippen LogP contribution in [0.4, 0.5) is 0 Å². The molecular weight excluding hydrogens is 298 g/mol. The largest absolute Gasteiger partial charge is 0.481 e. The van der Waals surface area contributed by atoms with Crippen LogP contribution in [-0.4, -0.2) is 44.6 Å². The Morgan fingerprint density at radius 2 is 2.22 bits per heavy atom.